The van der Waals surface area contributed by atoms with Gasteiger partial charge >= 0.3 is 0 Å². The molecule has 2 unspecified atom stereocenters. The molecule has 0 aliphatic carbocycles. The van der Waals surface area contributed by atoms with Gasteiger partial charge in [-0.25, -0.2) is 0 Å². The molecule has 2 aromatic rings. The molecule has 90 valence electrons. The predicted octanol–water partition coefficient (Wildman–Crippen LogP) is 1.50. The molecular weight excluding hydrogens is 226 g/mol. The van der Waals surface area contributed by atoms with Gasteiger partial charge in [0.25, 0.3) is 0 Å². The Labute approximate surface area is 106 Å². The van der Waals surface area contributed by atoms with Gasteiger partial charge in [0.05, 0.1) is 12.2 Å². The zero-order chi connectivity index (χ0) is 13.0. The minimum Gasteiger partial charge on any atom is -0.833 e. The van der Waals surface area contributed by atoms with Gasteiger partial charge in [0.2, 0.25) is 0 Å². The SMILES string of the molecule is N#CC([O-])(c1ccccc1)C(O)c1ccccc1. The van der Waals surface area contributed by atoms with E-state index in [2.05, 4.69) is 0 Å². The van der Waals surface area contributed by atoms with E-state index in [0.29, 0.717) is 5.56 Å². The van der Waals surface area contributed by atoms with Crippen LogP contribution in [0.5, 0.6) is 0 Å². The lowest BCUT2D eigenvalue weighted by Crippen LogP contribution is -2.45. The summed E-state index contributed by atoms with van der Waals surface area (Å²) in [5.41, 5.74) is -1.48. The molecule has 2 aromatic carbocycles. The molecule has 2 rings (SSSR count). The highest BCUT2D eigenvalue weighted by molar-refractivity contribution is 5.33. The van der Waals surface area contributed by atoms with Crippen molar-refractivity contribution in [1.29, 1.82) is 5.26 Å². The van der Waals surface area contributed by atoms with Gasteiger partial charge in [0.1, 0.15) is 0 Å². The van der Waals surface area contributed by atoms with Crippen LogP contribution in [-0.4, -0.2) is 5.11 Å². The fraction of sp³-hybridized carbons (Fsp3) is 0.133. The molecule has 0 saturated heterocycles. The lowest BCUT2D eigenvalue weighted by atomic mass is 9.86. The van der Waals surface area contributed by atoms with Crippen LogP contribution in [0.3, 0.4) is 0 Å². The van der Waals surface area contributed by atoms with Crippen LogP contribution < -0.4 is 5.11 Å². The number of hydrogen-bond acceptors (Lipinski definition) is 3. The number of hydrogen-bond donors (Lipinski definition) is 1. The van der Waals surface area contributed by atoms with E-state index in [9.17, 15) is 10.2 Å². The monoisotopic (exact) mass is 238 g/mol. The largest absolute Gasteiger partial charge is 0.833 e. The maximum atomic E-state index is 12.6. The molecule has 0 heterocycles. The van der Waals surface area contributed by atoms with Crippen molar-refractivity contribution < 1.29 is 10.2 Å². The summed E-state index contributed by atoms with van der Waals surface area (Å²) in [7, 11) is 0. The molecule has 0 amide bonds. The Balaban J connectivity index is 2.43. The second-order valence-corrected chi connectivity index (χ2v) is 4.03. The first-order valence-electron chi connectivity index (χ1n) is 5.58. The summed E-state index contributed by atoms with van der Waals surface area (Å²) < 4.78 is 0. The fourth-order valence-electron chi connectivity index (χ4n) is 1.84. The van der Waals surface area contributed by atoms with Gasteiger partial charge in [0, 0.05) is 5.60 Å². The maximum absolute atomic E-state index is 12.6. The second kappa shape index (κ2) is 5.01. The molecule has 18 heavy (non-hydrogen) atoms. The van der Waals surface area contributed by atoms with E-state index >= 15 is 0 Å². The van der Waals surface area contributed by atoms with Crippen LogP contribution in [0.4, 0.5) is 0 Å². The Hall–Kier alpha value is -2.15. The summed E-state index contributed by atoms with van der Waals surface area (Å²) in [6.07, 6.45) is -1.40. The Morgan fingerprint density at radius 1 is 1.00 bits per heavy atom. The summed E-state index contributed by atoms with van der Waals surface area (Å²) in [5, 5.41) is 31.9. The zero-order valence-corrected chi connectivity index (χ0v) is 9.65. The van der Waals surface area contributed by atoms with Crippen molar-refractivity contribution in [3.8, 4) is 6.07 Å². The fourth-order valence-corrected chi connectivity index (χ4v) is 1.84. The number of aliphatic hydroxyl groups is 1. The standard InChI is InChI=1S/C15H12NO2/c16-11-15(18,13-9-5-2-6-10-13)14(17)12-7-3-1-4-8-12/h1-10,14,17H/q-1. The summed E-state index contributed by atoms with van der Waals surface area (Å²) in [6.45, 7) is 0. The van der Waals surface area contributed by atoms with Crippen LogP contribution in [0, 0.1) is 11.3 Å². The molecule has 0 bridgehead atoms. The Morgan fingerprint density at radius 3 is 2.00 bits per heavy atom. The van der Waals surface area contributed by atoms with E-state index in [1.54, 1.807) is 66.7 Å². The first-order chi connectivity index (χ1) is 8.68. The lowest BCUT2D eigenvalue weighted by molar-refractivity contribution is -0.486. The Bertz CT molecular complexity index is 548. The number of aliphatic hydroxyl groups excluding tert-OH is 1. The summed E-state index contributed by atoms with van der Waals surface area (Å²) >= 11 is 0. The minimum atomic E-state index is -2.19. The van der Waals surface area contributed by atoms with E-state index in [0.717, 1.165) is 0 Å². The molecule has 1 N–H and O–H groups in total. The first-order valence-corrected chi connectivity index (χ1v) is 5.58. The van der Waals surface area contributed by atoms with Crippen LogP contribution >= 0.6 is 0 Å². The van der Waals surface area contributed by atoms with Crippen molar-refractivity contribution in [2.75, 3.05) is 0 Å². The molecule has 0 aromatic heterocycles. The van der Waals surface area contributed by atoms with E-state index in [1.807, 2.05) is 0 Å². The summed E-state index contributed by atoms with van der Waals surface area (Å²) in [4.78, 5) is 0. The zero-order valence-electron chi connectivity index (χ0n) is 9.65. The van der Waals surface area contributed by atoms with Gasteiger partial charge in [-0.15, -0.1) is 0 Å². The van der Waals surface area contributed by atoms with Crippen LogP contribution in [0.2, 0.25) is 0 Å². The summed E-state index contributed by atoms with van der Waals surface area (Å²) in [5.74, 6) is 0. The average Bonchev–Trinajstić information content (AvgIpc) is 2.47. The topological polar surface area (TPSA) is 67.1 Å². The van der Waals surface area contributed by atoms with Gasteiger partial charge in [-0.2, -0.15) is 5.26 Å². The molecule has 3 heteroatoms. The highest BCUT2D eigenvalue weighted by Gasteiger charge is 2.29. The highest BCUT2D eigenvalue weighted by Crippen LogP contribution is 2.31. The van der Waals surface area contributed by atoms with Crippen LogP contribution in [0.25, 0.3) is 0 Å². The van der Waals surface area contributed by atoms with Gasteiger partial charge in [-0.1, -0.05) is 60.7 Å². The minimum absolute atomic E-state index is 0.267. The van der Waals surface area contributed by atoms with E-state index in [4.69, 9.17) is 5.26 Å². The van der Waals surface area contributed by atoms with Crippen LogP contribution in [0.1, 0.15) is 17.2 Å². The molecule has 0 aliphatic heterocycles. The maximum Gasteiger partial charge on any atom is 0.0865 e. The highest BCUT2D eigenvalue weighted by atomic mass is 16.3. The van der Waals surface area contributed by atoms with Crippen LogP contribution in [0.15, 0.2) is 60.7 Å². The van der Waals surface area contributed by atoms with Crippen molar-refractivity contribution in [3.05, 3.63) is 71.8 Å². The number of nitriles is 1. The van der Waals surface area contributed by atoms with E-state index in [-0.39, 0.29) is 5.56 Å². The van der Waals surface area contributed by atoms with Gasteiger partial charge in [0.15, 0.2) is 0 Å². The van der Waals surface area contributed by atoms with Crippen molar-refractivity contribution >= 4 is 0 Å². The summed E-state index contributed by atoms with van der Waals surface area (Å²) in [6, 6.07) is 18.4. The van der Waals surface area contributed by atoms with Gasteiger partial charge in [-0.3, -0.25) is 0 Å². The molecular formula is C15H12NO2-. The van der Waals surface area contributed by atoms with E-state index < -0.39 is 11.7 Å². The van der Waals surface area contributed by atoms with Crippen molar-refractivity contribution in [2.24, 2.45) is 0 Å². The third-order valence-electron chi connectivity index (χ3n) is 2.87. The molecule has 3 nitrogen and oxygen atoms in total. The normalized spacial score (nSPS) is 15.4. The molecule has 2 atom stereocenters. The smallest absolute Gasteiger partial charge is 0.0865 e. The molecule has 0 radical (unpaired) electrons. The average molecular weight is 238 g/mol. The van der Waals surface area contributed by atoms with Crippen molar-refractivity contribution in [1.82, 2.24) is 0 Å². The third-order valence-corrected chi connectivity index (χ3v) is 2.87. The predicted molar refractivity (Wildman–Crippen MR) is 65.1 cm³/mol. The molecule has 0 spiro atoms. The van der Waals surface area contributed by atoms with Crippen molar-refractivity contribution in [2.45, 2.75) is 11.7 Å². The van der Waals surface area contributed by atoms with E-state index in [1.165, 1.54) is 0 Å². The van der Waals surface area contributed by atoms with Crippen molar-refractivity contribution in [3.63, 3.8) is 0 Å². The Kier molecular flexibility index (Phi) is 3.42. The number of nitrogens with zero attached hydrogens (tertiary/aromatic N) is 1. The molecule has 0 fully saturated rings. The number of rotatable bonds is 3. The first kappa shape index (κ1) is 12.3. The second-order valence-electron chi connectivity index (χ2n) is 4.03. The van der Waals surface area contributed by atoms with Gasteiger partial charge in [-0.05, 0) is 11.1 Å². The molecule has 0 aliphatic rings. The number of benzene rings is 2. The Morgan fingerprint density at radius 2 is 1.50 bits per heavy atom. The quantitative estimate of drug-likeness (QED) is 0.881. The van der Waals surface area contributed by atoms with Gasteiger partial charge < -0.3 is 10.2 Å². The van der Waals surface area contributed by atoms with Crippen LogP contribution in [-0.2, 0) is 5.60 Å². The lowest BCUT2D eigenvalue weighted by Gasteiger charge is -2.38. The third kappa shape index (κ3) is 2.12. The molecule has 0 saturated carbocycles.